The minimum Gasteiger partial charge on any atom is -0.342 e. The smallest absolute Gasteiger partial charge is 0.219 e. The van der Waals surface area contributed by atoms with Crippen molar-refractivity contribution in [3.63, 3.8) is 0 Å². The summed E-state index contributed by atoms with van der Waals surface area (Å²) in [7, 11) is 0. The summed E-state index contributed by atoms with van der Waals surface area (Å²) in [5.41, 5.74) is 1.18. The number of aromatic nitrogens is 1. The van der Waals surface area contributed by atoms with E-state index in [4.69, 9.17) is 0 Å². The highest BCUT2D eigenvalue weighted by molar-refractivity contribution is 5.73. The quantitative estimate of drug-likeness (QED) is 0.839. The molecular formula is C19H30N4O. The van der Waals surface area contributed by atoms with Gasteiger partial charge >= 0.3 is 0 Å². The lowest BCUT2D eigenvalue weighted by Crippen LogP contribution is -2.43. The molecule has 5 heteroatoms. The molecule has 0 bridgehead atoms. The standard InChI is InChI=1S/C19H30N4O/c1-16-14-21(11-7-18-6-3-4-8-20-18)15-19(16)23-10-5-9-22(12-13-23)17(2)24/h3-4,6,8,16,19H,5,7,9-15H2,1-2H3/t16-,19+/m0/s1. The van der Waals surface area contributed by atoms with Crippen LogP contribution in [0, 0.1) is 5.92 Å². The Bertz CT molecular complexity index is 535. The van der Waals surface area contributed by atoms with Crippen LogP contribution in [0.2, 0.25) is 0 Å². The molecule has 1 aromatic rings. The molecule has 2 fully saturated rings. The van der Waals surface area contributed by atoms with E-state index >= 15 is 0 Å². The van der Waals surface area contributed by atoms with Gasteiger partial charge in [0.1, 0.15) is 0 Å². The molecule has 0 saturated carbocycles. The third-order valence-electron chi connectivity index (χ3n) is 5.50. The highest BCUT2D eigenvalue weighted by Crippen LogP contribution is 2.23. The van der Waals surface area contributed by atoms with E-state index in [9.17, 15) is 4.79 Å². The van der Waals surface area contributed by atoms with Crippen molar-refractivity contribution < 1.29 is 4.79 Å². The minimum atomic E-state index is 0.216. The molecule has 24 heavy (non-hydrogen) atoms. The molecule has 0 spiro atoms. The van der Waals surface area contributed by atoms with Crippen LogP contribution in [0.3, 0.4) is 0 Å². The van der Waals surface area contributed by atoms with Gasteiger partial charge in [-0.3, -0.25) is 14.7 Å². The summed E-state index contributed by atoms with van der Waals surface area (Å²) in [5.74, 6) is 0.908. The number of carbonyl (C=O) groups is 1. The van der Waals surface area contributed by atoms with Gasteiger partial charge in [0.15, 0.2) is 0 Å². The van der Waals surface area contributed by atoms with E-state index in [0.29, 0.717) is 12.0 Å². The van der Waals surface area contributed by atoms with E-state index < -0.39 is 0 Å². The fourth-order valence-electron chi connectivity index (χ4n) is 4.11. The van der Waals surface area contributed by atoms with Crippen LogP contribution in [0.15, 0.2) is 24.4 Å². The van der Waals surface area contributed by atoms with E-state index in [-0.39, 0.29) is 5.91 Å². The predicted octanol–water partition coefficient (Wildman–Crippen LogP) is 1.50. The zero-order valence-electron chi connectivity index (χ0n) is 15.0. The minimum absolute atomic E-state index is 0.216. The van der Waals surface area contributed by atoms with Gasteiger partial charge in [-0.2, -0.15) is 0 Å². The van der Waals surface area contributed by atoms with Crippen molar-refractivity contribution >= 4 is 5.91 Å². The summed E-state index contributed by atoms with van der Waals surface area (Å²) in [6.45, 7) is 11.4. The second-order valence-electron chi connectivity index (χ2n) is 7.27. The van der Waals surface area contributed by atoms with Gasteiger partial charge in [-0.1, -0.05) is 13.0 Å². The Morgan fingerprint density at radius 1 is 1.21 bits per heavy atom. The van der Waals surface area contributed by atoms with Gasteiger partial charge in [0, 0.05) is 77.1 Å². The van der Waals surface area contributed by atoms with E-state index in [2.05, 4.69) is 33.8 Å². The number of likely N-dealkylation sites (tertiary alicyclic amines) is 1. The highest BCUT2D eigenvalue weighted by atomic mass is 16.2. The van der Waals surface area contributed by atoms with Crippen molar-refractivity contribution in [3.05, 3.63) is 30.1 Å². The predicted molar refractivity (Wildman–Crippen MR) is 95.8 cm³/mol. The second kappa shape index (κ2) is 8.08. The molecular weight excluding hydrogens is 300 g/mol. The van der Waals surface area contributed by atoms with Gasteiger partial charge in [0.05, 0.1) is 0 Å². The fraction of sp³-hybridized carbons (Fsp3) is 0.684. The summed E-state index contributed by atoms with van der Waals surface area (Å²) in [6, 6.07) is 6.78. The number of hydrogen-bond donors (Lipinski definition) is 0. The molecule has 3 rings (SSSR count). The zero-order chi connectivity index (χ0) is 16.9. The first-order chi connectivity index (χ1) is 11.6. The molecule has 2 aliphatic heterocycles. The number of pyridine rings is 1. The van der Waals surface area contributed by atoms with Crippen molar-refractivity contribution in [1.82, 2.24) is 19.7 Å². The summed E-state index contributed by atoms with van der Waals surface area (Å²) in [4.78, 5) is 23.2. The molecule has 0 aromatic carbocycles. The van der Waals surface area contributed by atoms with Crippen molar-refractivity contribution in [1.29, 1.82) is 0 Å². The van der Waals surface area contributed by atoms with Crippen LogP contribution in [0.25, 0.3) is 0 Å². The van der Waals surface area contributed by atoms with Gasteiger partial charge in [-0.25, -0.2) is 0 Å². The van der Waals surface area contributed by atoms with E-state index in [1.165, 1.54) is 12.2 Å². The van der Waals surface area contributed by atoms with Crippen molar-refractivity contribution in [3.8, 4) is 0 Å². The first-order valence-electron chi connectivity index (χ1n) is 9.25. The Hall–Kier alpha value is -1.46. The Balaban J connectivity index is 1.51. The SMILES string of the molecule is CC(=O)N1CCCN([C@@H]2CN(CCc3ccccn3)C[C@@H]2C)CC1. The monoisotopic (exact) mass is 330 g/mol. The first-order valence-corrected chi connectivity index (χ1v) is 9.25. The molecule has 2 atom stereocenters. The summed E-state index contributed by atoms with van der Waals surface area (Å²) < 4.78 is 0. The van der Waals surface area contributed by atoms with Crippen LogP contribution in [0.1, 0.15) is 26.0 Å². The van der Waals surface area contributed by atoms with Crippen molar-refractivity contribution in [2.75, 3.05) is 45.8 Å². The van der Waals surface area contributed by atoms with Crippen LogP contribution in [0.4, 0.5) is 0 Å². The number of hydrogen-bond acceptors (Lipinski definition) is 4. The van der Waals surface area contributed by atoms with Gasteiger partial charge < -0.3 is 9.80 Å². The maximum absolute atomic E-state index is 11.6. The molecule has 0 aliphatic carbocycles. The average Bonchev–Trinajstić information content (AvgIpc) is 2.80. The number of amides is 1. The lowest BCUT2D eigenvalue weighted by atomic mass is 10.0. The van der Waals surface area contributed by atoms with Crippen LogP contribution in [-0.2, 0) is 11.2 Å². The molecule has 1 aromatic heterocycles. The fourth-order valence-corrected chi connectivity index (χ4v) is 4.11. The summed E-state index contributed by atoms with van der Waals surface area (Å²) >= 11 is 0. The Kier molecular flexibility index (Phi) is 5.85. The second-order valence-corrected chi connectivity index (χ2v) is 7.27. The third kappa shape index (κ3) is 4.33. The number of nitrogens with zero attached hydrogens (tertiary/aromatic N) is 4. The van der Waals surface area contributed by atoms with Gasteiger partial charge in [-0.15, -0.1) is 0 Å². The van der Waals surface area contributed by atoms with Crippen molar-refractivity contribution in [2.24, 2.45) is 5.92 Å². The highest BCUT2D eigenvalue weighted by Gasteiger charge is 2.34. The lowest BCUT2D eigenvalue weighted by Gasteiger charge is -2.30. The van der Waals surface area contributed by atoms with Crippen LogP contribution in [-0.4, -0.2) is 77.4 Å². The van der Waals surface area contributed by atoms with Gasteiger partial charge in [0.2, 0.25) is 5.91 Å². The first kappa shape index (κ1) is 17.4. The van der Waals surface area contributed by atoms with Gasteiger partial charge in [-0.05, 0) is 24.5 Å². The van der Waals surface area contributed by atoms with E-state index in [0.717, 1.165) is 52.1 Å². The Labute approximate surface area is 145 Å². The molecule has 2 aliphatic rings. The molecule has 5 nitrogen and oxygen atoms in total. The van der Waals surface area contributed by atoms with E-state index in [1.54, 1.807) is 6.92 Å². The maximum Gasteiger partial charge on any atom is 0.219 e. The Morgan fingerprint density at radius 3 is 2.83 bits per heavy atom. The lowest BCUT2D eigenvalue weighted by molar-refractivity contribution is -0.128. The number of rotatable bonds is 4. The summed E-state index contributed by atoms with van der Waals surface area (Å²) in [5, 5.41) is 0. The number of carbonyl (C=O) groups excluding carboxylic acids is 1. The van der Waals surface area contributed by atoms with Crippen LogP contribution in [0.5, 0.6) is 0 Å². The maximum atomic E-state index is 11.6. The Morgan fingerprint density at radius 2 is 2.08 bits per heavy atom. The normalized spacial score (nSPS) is 26.5. The van der Waals surface area contributed by atoms with Crippen molar-refractivity contribution in [2.45, 2.75) is 32.7 Å². The molecule has 0 N–H and O–H groups in total. The van der Waals surface area contributed by atoms with Gasteiger partial charge in [0.25, 0.3) is 0 Å². The average molecular weight is 330 g/mol. The summed E-state index contributed by atoms with van der Waals surface area (Å²) in [6.07, 6.45) is 4.00. The molecule has 0 unspecified atom stereocenters. The van der Waals surface area contributed by atoms with E-state index in [1.807, 2.05) is 17.2 Å². The molecule has 1 amide bonds. The van der Waals surface area contributed by atoms with Crippen LogP contribution >= 0.6 is 0 Å². The van der Waals surface area contributed by atoms with Crippen LogP contribution < -0.4 is 0 Å². The molecule has 2 saturated heterocycles. The molecule has 3 heterocycles. The topological polar surface area (TPSA) is 39.7 Å². The third-order valence-corrected chi connectivity index (χ3v) is 5.50. The zero-order valence-corrected chi connectivity index (χ0v) is 15.0. The molecule has 132 valence electrons. The molecule has 0 radical (unpaired) electrons. The largest absolute Gasteiger partial charge is 0.342 e.